The second-order valence-corrected chi connectivity index (χ2v) is 6.34. The standard InChI is InChI=1S/C3H6STe/c1-2-5-3-4-1/h1-3H2. The molecule has 1 heterocycles. The van der Waals surface area contributed by atoms with Crippen molar-refractivity contribution in [3.63, 3.8) is 0 Å². The Balaban J connectivity index is 2.08. The zero-order chi connectivity index (χ0) is 3.54. The molecule has 1 saturated heterocycles. The zero-order valence-electron chi connectivity index (χ0n) is 2.94. The molecule has 1 aliphatic rings. The Kier molecular flexibility index (Phi) is 2.01. The Hall–Kier alpha value is 1.14. The molecule has 0 saturated carbocycles. The van der Waals surface area contributed by atoms with Crippen molar-refractivity contribution in [2.45, 2.75) is 4.47 Å². The predicted octanol–water partition coefficient (Wildman–Crippen LogP) is 0.813. The first kappa shape index (κ1) is 4.30. The third-order valence-corrected chi connectivity index (χ3v) is 6.43. The van der Waals surface area contributed by atoms with Crippen LogP contribution < -0.4 is 0 Å². The molecule has 2 heteroatoms. The van der Waals surface area contributed by atoms with E-state index in [9.17, 15) is 0 Å². The molecule has 0 N–H and O–H groups in total. The summed E-state index contributed by atoms with van der Waals surface area (Å²) in [6, 6.07) is 0. The van der Waals surface area contributed by atoms with E-state index in [1.54, 1.807) is 8.27 Å². The van der Waals surface area contributed by atoms with Crippen molar-refractivity contribution in [1.29, 1.82) is 0 Å². The van der Waals surface area contributed by atoms with E-state index in [1.807, 2.05) is 0 Å². The van der Waals surface area contributed by atoms with Gasteiger partial charge in [-0.2, -0.15) is 0 Å². The second kappa shape index (κ2) is 2.34. The van der Waals surface area contributed by atoms with E-state index >= 15 is 0 Å². The van der Waals surface area contributed by atoms with Gasteiger partial charge in [0.25, 0.3) is 0 Å². The van der Waals surface area contributed by atoms with Crippen LogP contribution in [0.2, 0.25) is 4.47 Å². The summed E-state index contributed by atoms with van der Waals surface area (Å²) in [5.74, 6) is 1.47. The molecule has 0 unspecified atom stereocenters. The summed E-state index contributed by atoms with van der Waals surface area (Å²) in [4.78, 5) is 0. The Morgan fingerprint density at radius 1 is 1.60 bits per heavy atom. The fourth-order valence-corrected chi connectivity index (χ4v) is 5.93. The summed E-state index contributed by atoms with van der Waals surface area (Å²) in [7, 11) is 0. The molecule has 0 spiro atoms. The minimum atomic E-state index is 0.567. The topological polar surface area (TPSA) is 0 Å². The first-order valence-corrected chi connectivity index (χ1v) is 6.11. The van der Waals surface area contributed by atoms with Crippen molar-refractivity contribution in [3.05, 3.63) is 0 Å². The first-order chi connectivity index (χ1) is 2.50. The molecule has 0 aromatic rings. The van der Waals surface area contributed by atoms with Gasteiger partial charge in [-0.05, 0) is 0 Å². The monoisotopic (exact) mass is 204 g/mol. The van der Waals surface area contributed by atoms with Crippen LogP contribution in [0.5, 0.6) is 0 Å². The predicted molar refractivity (Wildman–Crippen MR) is 27.9 cm³/mol. The van der Waals surface area contributed by atoms with E-state index in [4.69, 9.17) is 0 Å². The van der Waals surface area contributed by atoms with E-state index < -0.39 is 0 Å². The maximum atomic E-state index is 2.13. The van der Waals surface area contributed by atoms with Crippen LogP contribution in [-0.4, -0.2) is 30.5 Å². The molecule has 0 aliphatic carbocycles. The third kappa shape index (κ3) is 1.34. The molecular formula is C3H6STe. The Labute approximate surface area is 46.8 Å². The molecule has 0 atom stereocenters. The van der Waals surface area contributed by atoms with Gasteiger partial charge in [0.1, 0.15) is 0 Å². The molecule has 0 aromatic carbocycles. The molecule has 0 bridgehead atoms. The van der Waals surface area contributed by atoms with Gasteiger partial charge in [-0.3, -0.25) is 0 Å². The number of hydrogen-bond acceptors (Lipinski definition) is 1. The Morgan fingerprint density at radius 2 is 2.60 bits per heavy atom. The first-order valence-electron chi connectivity index (χ1n) is 1.65. The summed E-state index contributed by atoms with van der Waals surface area (Å²) in [5, 5.41) is 0. The van der Waals surface area contributed by atoms with E-state index in [2.05, 4.69) is 11.8 Å². The summed E-state index contributed by atoms with van der Waals surface area (Å²) >= 11 is 2.70. The van der Waals surface area contributed by atoms with Gasteiger partial charge in [0.2, 0.25) is 0 Å². The molecule has 5 heavy (non-hydrogen) atoms. The van der Waals surface area contributed by atoms with E-state index in [-0.39, 0.29) is 0 Å². The van der Waals surface area contributed by atoms with Crippen molar-refractivity contribution in [1.82, 2.24) is 0 Å². The summed E-state index contributed by atoms with van der Waals surface area (Å²) in [6.07, 6.45) is 0. The molecule has 1 aliphatic heterocycles. The van der Waals surface area contributed by atoms with Crippen molar-refractivity contribution < 1.29 is 0 Å². The zero-order valence-corrected chi connectivity index (χ0v) is 6.08. The van der Waals surface area contributed by atoms with Crippen molar-refractivity contribution in [3.8, 4) is 0 Å². The number of thioether (sulfide) groups is 1. The second-order valence-electron chi connectivity index (χ2n) is 0.934. The molecule has 0 radical (unpaired) electrons. The average molecular weight is 202 g/mol. The van der Waals surface area contributed by atoms with Gasteiger partial charge in [0.05, 0.1) is 0 Å². The van der Waals surface area contributed by atoms with Crippen LogP contribution in [0.15, 0.2) is 0 Å². The molecular weight excluding hydrogens is 196 g/mol. The van der Waals surface area contributed by atoms with Crippen LogP contribution in [0.4, 0.5) is 0 Å². The Morgan fingerprint density at radius 3 is 2.80 bits per heavy atom. The molecule has 1 fully saturated rings. The molecule has 0 nitrogen and oxygen atoms in total. The average Bonchev–Trinajstić information content (AvgIpc) is 1.76. The summed E-state index contributed by atoms with van der Waals surface area (Å²) in [5.41, 5.74) is 0. The fourth-order valence-electron chi connectivity index (χ4n) is 0.295. The minimum absolute atomic E-state index is 0.567. The van der Waals surface area contributed by atoms with Crippen LogP contribution in [0.25, 0.3) is 0 Å². The third-order valence-electron chi connectivity index (χ3n) is 0.539. The van der Waals surface area contributed by atoms with Gasteiger partial charge < -0.3 is 0 Å². The molecule has 30 valence electrons. The molecule has 0 aromatic heterocycles. The normalized spacial score (nSPS) is 24.0. The van der Waals surface area contributed by atoms with Crippen molar-refractivity contribution in [2.24, 2.45) is 0 Å². The Bertz CT molecular complexity index is 18.5. The number of hydrogen-bond donors (Lipinski definition) is 0. The van der Waals surface area contributed by atoms with Crippen LogP contribution in [-0.2, 0) is 0 Å². The molecule has 1 rings (SSSR count). The van der Waals surface area contributed by atoms with Crippen LogP contribution in [0.1, 0.15) is 0 Å². The fraction of sp³-hybridized carbons (Fsp3) is 1.00. The van der Waals surface area contributed by atoms with Crippen molar-refractivity contribution in [2.75, 3.05) is 9.55 Å². The van der Waals surface area contributed by atoms with Gasteiger partial charge in [-0.25, -0.2) is 0 Å². The quantitative estimate of drug-likeness (QED) is 0.523. The maximum absolute atomic E-state index is 2.13. The van der Waals surface area contributed by atoms with Gasteiger partial charge in [-0.15, -0.1) is 0 Å². The van der Waals surface area contributed by atoms with Gasteiger partial charge in [0.15, 0.2) is 0 Å². The van der Waals surface area contributed by atoms with E-state index in [1.165, 1.54) is 5.75 Å². The van der Waals surface area contributed by atoms with Gasteiger partial charge in [0, 0.05) is 0 Å². The molecule has 0 amide bonds. The number of rotatable bonds is 0. The summed E-state index contributed by atoms with van der Waals surface area (Å²) in [6.45, 7) is 0. The van der Waals surface area contributed by atoms with Crippen LogP contribution in [0, 0.1) is 0 Å². The van der Waals surface area contributed by atoms with Gasteiger partial charge >= 0.3 is 46.7 Å². The van der Waals surface area contributed by atoms with Crippen LogP contribution in [0.3, 0.4) is 0 Å². The van der Waals surface area contributed by atoms with Crippen LogP contribution >= 0.6 is 11.8 Å². The SMILES string of the molecule is C1C[Te]CS1. The van der Waals surface area contributed by atoms with Gasteiger partial charge in [-0.1, -0.05) is 0 Å². The van der Waals surface area contributed by atoms with Crippen molar-refractivity contribution >= 4 is 32.7 Å². The summed E-state index contributed by atoms with van der Waals surface area (Å²) < 4.78 is 3.14. The van der Waals surface area contributed by atoms with E-state index in [0.29, 0.717) is 20.9 Å². The van der Waals surface area contributed by atoms with E-state index in [0.717, 1.165) is 0 Å².